The molecule has 1 aliphatic carbocycles. The van der Waals surface area contributed by atoms with Gasteiger partial charge in [0.2, 0.25) is 0 Å². The van der Waals surface area contributed by atoms with Gasteiger partial charge in [-0.15, -0.1) is 0 Å². The zero-order chi connectivity index (χ0) is 9.97. The van der Waals surface area contributed by atoms with E-state index >= 15 is 0 Å². The molecule has 1 saturated heterocycles. The second-order valence-corrected chi connectivity index (χ2v) is 3.78. The van der Waals surface area contributed by atoms with Gasteiger partial charge in [-0.25, -0.2) is 0 Å². The highest BCUT2D eigenvalue weighted by Gasteiger charge is 2.22. The molecule has 0 aromatic heterocycles. The Morgan fingerprint density at radius 2 is 2.43 bits per heavy atom. The summed E-state index contributed by atoms with van der Waals surface area (Å²) in [6, 6.07) is 0. The summed E-state index contributed by atoms with van der Waals surface area (Å²) in [6.45, 7) is 2.76. The minimum Gasteiger partial charge on any atom is -0.498 e. The van der Waals surface area contributed by atoms with E-state index in [1.807, 2.05) is 19.1 Å². The van der Waals surface area contributed by atoms with Gasteiger partial charge in [0.15, 0.2) is 0 Å². The first-order chi connectivity index (χ1) is 6.81. The van der Waals surface area contributed by atoms with Crippen LogP contribution >= 0.6 is 0 Å². The fraction of sp³-hybridized carbons (Fsp3) is 0.417. The van der Waals surface area contributed by atoms with Gasteiger partial charge < -0.3 is 4.74 Å². The van der Waals surface area contributed by atoms with Gasteiger partial charge in [-0.05, 0) is 31.4 Å². The van der Waals surface area contributed by atoms with E-state index in [1.165, 1.54) is 0 Å². The molecule has 1 unspecified atom stereocenters. The predicted octanol–water partition coefficient (Wildman–Crippen LogP) is 2.38. The molecule has 2 heteroatoms. The third kappa shape index (κ3) is 1.65. The smallest absolute Gasteiger partial charge is 0.150 e. The lowest BCUT2D eigenvalue weighted by atomic mass is 9.96. The SMILES string of the molecule is CC1=C(C=O)/C=C\CC2CCO\C2=C\1. The monoisotopic (exact) mass is 190 g/mol. The standard InChI is InChI=1S/C12H14O2/c1-9-7-12-10(5-6-14-12)3-2-4-11(9)8-13/h2,4,7-8,10H,3,5-6H2,1H3/b4-2-,11-9+,12-7+. The van der Waals surface area contributed by atoms with Gasteiger partial charge in [0.25, 0.3) is 0 Å². The molecule has 0 amide bonds. The molecular formula is C12H14O2. The molecule has 2 nitrogen and oxygen atoms in total. The highest BCUT2D eigenvalue weighted by molar-refractivity contribution is 5.79. The van der Waals surface area contributed by atoms with Gasteiger partial charge in [-0.3, -0.25) is 4.79 Å². The molecule has 1 fully saturated rings. The fourth-order valence-corrected chi connectivity index (χ4v) is 1.89. The number of allylic oxidation sites excluding steroid dienone is 6. The minimum atomic E-state index is 0.523. The van der Waals surface area contributed by atoms with Crippen LogP contribution < -0.4 is 0 Å². The van der Waals surface area contributed by atoms with Crippen molar-refractivity contribution in [1.82, 2.24) is 0 Å². The van der Waals surface area contributed by atoms with Crippen LogP contribution in [-0.2, 0) is 9.53 Å². The maximum absolute atomic E-state index is 10.7. The van der Waals surface area contributed by atoms with Gasteiger partial charge in [0.05, 0.1) is 12.4 Å². The number of hydrogen-bond acceptors (Lipinski definition) is 2. The van der Waals surface area contributed by atoms with E-state index in [-0.39, 0.29) is 0 Å². The molecule has 0 saturated carbocycles. The van der Waals surface area contributed by atoms with E-state index in [9.17, 15) is 4.79 Å². The van der Waals surface area contributed by atoms with Crippen molar-refractivity contribution in [3.8, 4) is 0 Å². The largest absolute Gasteiger partial charge is 0.498 e. The normalized spacial score (nSPS) is 37.2. The topological polar surface area (TPSA) is 26.3 Å². The lowest BCUT2D eigenvalue weighted by Gasteiger charge is -2.10. The van der Waals surface area contributed by atoms with Crippen molar-refractivity contribution in [3.63, 3.8) is 0 Å². The summed E-state index contributed by atoms with van der Waals surface area (Å²) < 4.78 is 5.53. The van der Waals surface area contributed by atoms with Gasteiger partial charge in [0.1, 0.15) is 6.29 Å². The van der Waals surface area contributed by atoms with Crippen LogP contribution in [0.2, 0.25) is 0 Å². The summed E-state index contributed by atoms with van der Waals surface area (Å²) in [6.07, 6.45) is 8.97. The summed E-state index contributed by atoms with van der Waals surface area (Å²) in [4.78, 5) is 10.7. The summed E-state index contributed by atoms with van der Waals surface area (Å²) in [5.74, 6) is 1.57. The van der Waals surface area contributed by atoms with E-state index in [4.69, 9.17) is 4.74 Å². The van der Waals surface area contributed by atoms with E-state index in [0.717, 1.165) is 42.6 Å². The Bertz CT molecular complexity index is 334. The van der Waals surface area contributed by atoms with Gasteiger partial charge in [-0.2, -0.15) is 0 Å². The maximum atomic E-state index is 10.7. The average Bonchev–Trinajstić information content (AvgIpc) is 2.56. The van der Waals surface area contributed by atoms with Crippen molar-refractivity contribution in [2.45, 2.75) is 19.8 Å². The molecule has 74 valence electrons. The first-order valence-corrected chi connectivity index (χ1v) is 4.98. The van der Waals surface area contributed by atoms with Crippen molar-refractivity contribution < 1.29 is 9.53 Å². The van der Waals surface area contributed by atoms with Crippen LogP contribution in [0, 0.1) is 5.92 Å². The van der Waals surface area contributed by atoms with E-state index in [2.05, 4.69) is 6.08 Å². The second-order valence-electron chi connectivity index (χ2n) is 3.78. The number of aldehydes is 1. The average molecular weight is 190 g/mol. The predicted molar refractivity (Wildman–Crippen MR) is 54.7 cm³/mol. The van der Waals surface area contributed by atoms with Crippen LogP contribution in [-0.4, -0.2) is 12.9 Å². The molecule has 0 radical (unpaired) electrons. The first-order valence-electron chi connectivity index (χ1n) is 4.98. The van der Waals surface area contributed by atoms with Crippen LogP contribution in [0.25, 0.3) is 0 Å². The summed E-state index contributed by atoms with van der Waals surface area (Å²) >= 11 is 0. The van der Waals surface area contributed by atoms with Crippen molar-refractivity contribution in [2.75, 3.05) is 6.61 Å². The number of ether oxygens (including phenoxy) is 1. The Morgan fingerprint density at radius 1 is 1.57 bits per heavy atom. The van der Waals surface area contributed by atoms with Crippen LogP contribution in [0.4, 0.5) is 0 Å². The quantitative estimate of drug-likeness (QED) is 0.593. The molecule has 2 rings (SSSR count). The lowest BCUT2D eigenvalue weighted by Crippen LogP contribution is -1.99. The maximum Gasteiger partial charge on any atom is 0.150 e. The highest BCUT2D eigenvalue weighted by atomic mass is 16.5. The minimum absolute atomic E-state index is 0.523. The van der Waals surface area contributed by atoms with E-state index in [0.29, 0.717) is 5.92 Å². The first kappa shape index (κ1) is 9.25. The van der Waals surface area contributed by atoms with Crippen molar-refractivity contribution in [3.05, 3.63) is 35.1 Å². The van der Waals surface area contributed by atoms with Crippen molar-refractivity contribution >= 4 is 6.29 Å². The Hall–Kier alpha value is -1.31. The number of fused-ring (bicyclic) bond motifs is 1. The van der Waals surface area contributed by atoms with Gasteiger partial charge in [0, 0.05) is 11.5 Å². The highest BCUT2D eigenvalue weighted by Crippen LogP contribution is 2.30. The van der Waals surface area contributed by atoms with Crippen molar-refractivity contribution in [2.24, 2.45) is 5.92 Å². The van der Waals surface area contributed by atoms with E-state index in [1.54, 1.807) is 0 Å². The third-order valence-electron chi connectivity index (χ3n) is 2.80. The molecule has 0 spiro atoms. The number of carbonyl (C=O) groups excluding carboxylic acids is 1. The molecule has 2 aliphatic rings. The third-order valence-corrected chi connectivity index (χ3v) is 2.80. The summed E-state index contributed by atoms with van der Waals surface area (Å²) in [5, 5.41) is 0. The Morgan fingerprint density at radius 3 is 3.21 bits per heavy atom. The van der Waals surface area contributed by atoms with Crippen LogP contribution in [0.1, 0.15) is 19.8 Å². The number of rotatable bonds is 1. The second kappa shape index (κ2) is 3.82. The summed E-state index contributed by atoms with van der Waals surface area (Å²) in [5.41, 5.74) is 1.75. The Balaban J connectivity index is 2.38. The molecule has 0 bridgehead atoms. The molecule has 0 aromatic rings. The molecule has 0 aromatic carbocycles. The Kier molecular flexibility index (Phi) is 2.53. The van der Waals surface area contributed by atoms with E-state index < -0.39 is 0 Å². The van der Waals surface area contributed by atoms with Crippen molar-refractivity contribution in [1.29, 1.82) is 0 Å². The molecule has 1 aliphatic heterocycles. The van der Waals surface area contributed by atoms with Crippen LogP contribution in [0.3, 0.4) is 0 Å². The summed E-state index contributed by atoms with van der Waals surface area (Å²) in [7, 11) is 0. The molecule has 0 N–H and O–H groups in total. The number of carbonyl (C=O) groups is 1. The van der Waals surface area contributed by atoms with Gasteiger partial charge in [-0.1, -0.05) is 12.2 Å². The van der Waals surface area contributed by atoms with Gasteiger partial charge >= 0.3 is 0 Å². The molecular weight excluding hydrogens is 176 g/mol. The molecule has 1 atom stereocenters. The zero-order valence-electron chi connectivity index (χ0n) is 8.32. The van der Waals surface area contributed by atoms with Crippen LogP contribution in [0.5, 0.6) is 0 Å². The number of hydrogen-bond donors (Lipinski definition) is 0. The molecule has 14 heavy (non-hydrogen) atoms. The lowest BCUT2D eigenvalue weighted by molar-refractivity contribution is -0.104. The zero-order valence-corrected chi connectivity index (χ0v) is 8.32. The Labute approximate surface area is 83.9 Å². The molecule has 1 heterocycles. The van der Waals surface area contributed by atoms with Crippen LogP contribution in [0.15, 0.2) is 35.1 Å². The fourth-order valence-electron chi connectivity index (χ4n) is 1.89.